The number of carbonyl (C=O) groups excluding carboxylic acids is 1. The molecule has 5 nitrogen and oxygen atoms in total. The Balaban J connectivity index is 1.80. The summed E-state index contributed by atoms with van der Waals surface area (Å²) in [6.45, 7) is 1.96. The van der Waals surface area contributed by atoms with Gasteiger partial charge in [0.25, 0.3) is 5.91 Å². The Morgan fingerprint density at radius 1 is 1.00 bits per heavy atom. The molecule has 0 saturated carbocycles. The van der Waals surface area contributed by atoms with E-state index in [1.807, 2.05) is 55.5 Å². The number of hydrogen-bond donors (Lipinski definition) is 1. The van der Waals surface area contributed by atoms with Crippen molar-refractivity contribution >= 4 is 22.9 Å². The molecule has 0 radical (unpaired) electrons. The lowest BCUT2D eigenvalue weighted by atomic mass is 10.1. The fourth-order valence-electron chi connectivity index (χ4n) is 2.71. The van der Waals surface area contributed by atoms with E-state index in [0.717, 1.165) is 27.6 Å². The van der Waals surface area contributed by atoms with Gasteiger partial charge in [-0.3, -0.25) is 4.79 Å². The number of nitrogens with zero attached hydrogens (tertiary/aromatic N) is 1. The third kappa shape index (κ3) is 3.67. The SMILES string of the molecule is COc1ccc(C=NNC(=O)c2cc3ccccc3cc2OC)c(C)c1. The van der Waals surface area contributed by atoms with E-state index in [1.165, 1.54) is 0 Å². The largest absolute Gasteiger partial charge is 0.497 e. The van der Waals surface area contributed by atoms with Gasteiger partial charge in [0.2, 0.25) is 0 Å². The lowest BCUT2D eigenvalue weighted by Gasteiger charge is -2.09. The van der Waals surface area contributed by atoms with Crippen molar-refractivity contribution in [1.29, 1.82) is 0 Å². The zero-order valence-corrected chi connectivity index (χ0v) is 14.9. The molecule has 0 unspecified atom stereocenters. The molecule has 0 atom stereocenters. The maximum absolute atomic E-state index is 12.5. The van der Waals surface area contributed by atoms with Crippen LogP contribution in [-0.2, 0) is 0 Å². The van der Waals surface area contributed by atoms with Crippen LogP contribution in [0.15, 0.2) is 59.7 Å². The van der Waals surface area contributed by atoms with Gasteiger partial charge in [-0.05, 0) is 59.2 Å². The van der Waals surface area contributed by atoms with E-state index in [-0.39, 0.29) is 5.91 Å². The van der Waals surface area contributed by atoms with Crippen LogP contribution in [0.3, 0.4) is 0 Å². The van der Waals surface area contributed by atoms with Crippen LogP contribution in [0.25, 0.3) is 10.8 Å². The van der Waals surface area contributed by atoms with Gasteiger partial charge >= 0.3 is 0 Å². The normalized spacial score (nSPS) is 10.9. The molecule has 0 saturated heterocycles. The lowest BCUT2D eigenvalue weighted by molar-refractivity contribution is 0.0952. The molecule has 0 aliphatic heterocycles. The number of nitrogens with one attached hydrogen (secondary N) is 1. The minimum absolute atomic E-state index is 0.324. The quantitative estimate of drug-likeness (QED) is 0.561. The number of hydrazone groups is 1. The highest BCUT2D eigenvalue weighted by Gasteiger charge is 2.13. The van der Waals surface area contributed by atoms with Crippen molar-refractivity contribution in [1.82, 2.24) is 5.43 Å². The molecular formula is C21H20N2O3. The predicted octanol–water partition coefficient (Wildman–Crippen LogP) is 3.93. The second-order valence-electron chi connectivity index (χ2n) is 5.82. The average Bonchev–Trinajstić information content (AvgIpc) is 2.67. The topological polar surface area (TPSA) is 59.9 Å². The Labute approximate surface area is 152 Å². The molecule has 0 aromatic heterocycles. The lowest BCUT2D eigenvalue weighted by Crippen LogP contribution is -2.18. The number of rotatable bonds is 5. The van der Waals surface area contributed by atoms with Crippen molar-refractivity contribution in [3.63, 3.8) is 0 Å². The van der Waals surface area contributed by atoms with Gasteiger partial charge in [-0.25, -0.2) is 5.43 Å². The maximum atomic E-state index is 12.5. The van der Waals surface area contributed by atoms with Gasteiger partial charge in [0.1, 0.15) is 11.5 Å². The summed E-state index contributed by atoms with van der Waals surface area (Å²) in [6, 6.07) is 17.1. The summed E-state index contributed by atoms with van der Waals surface area (Å²) in [7, 11) is 3.17. The highest BCUT2D eigenvalue weighted by molar-refractivity contribution is 6.02. The van der Waals surface area contributed by atoms with Gasteiger partial charge in [0, 0.05) is 0 Å². The molecule has 26 heavy (non-hydrogen) atoms. The minimum Gasteiger partial charge on any atom is -0.497 e. The van der Waals surface area contributed by atoms with Crippen molar-refractivity contribution in [2.75, 3.05) is 14.2 Å². The molecule has 0 aliphatic carbocycles. The maximum Gasteiger partial charge on any atom is 0.275 e. The van der Waals surface area contributed by atoms with Crippen molar-refractivity contribution in [3.8, 4) is 11.5 Å². The van der Waals surface area contributed by atoms with E-state index in [1.54, 1.807) is 26.5 Å². The van der Waals surface area contributed by atoms with Gasteiger partial charge < -0.3 is 9.47 Å². The third-order valence-electron chi connectivity index (χ3n) is 4.16. The standard InChI is InChI=1S/C21H20N2O3/c1-14-10-18(25-2)9-8-17(14)13-22-23-21(24)19-11-15-6-4-5-7-16(15)12-20(19)26-3/h4-13H,1-3H3,(H,23,24). The Hall–Kier alpha value is -3.34. The molecule has 1 amide bonds. The number of benzene rings is 3. The van der Waals surface area contributed by atoms with E-state index >= 15 is 0 Å². The van der Waals surface area contributed by atoms with E-state index in [4.69, 9.17) is 9.47 Å². The zero-order valence-electron chi connectivity index (χ0n) is 14.9. The molecule has 0 aliphatic rings. The second kappa shape index (κ2) is 7.70. The van der Waals surface area contributed by atoms with Gasteiger partial charge in [-0.15, -0.1) is 0 Å². The van der Waals surface area contributed by atoms with E-state index < -0.39 is 0 Å². The fourth-order valence-corrected chi connectivity index (χ4v) is 2.71. The van der Waals surface area contributed by atoms with Crippen LogP contribution in [0.5, 0.6) is 11.5 Å². The molecule has 0 heterocycles. The summed E-state index contributed by atoms with van der Waals surface area (Å²) in [5.41, 5.74) is 4.91. The molecule has 0 bridgehead atoms. The summed E-state index contributed by atoms with van der Waals surface area (Å²) >= 11 is 0. The minimum atomic E-state index is -0.324. The molecular weight excluding hydrogens is 328 g/mol. The van der Waals surface area contributed by atoms with Crippen LogP contribution in [0.4, 0.5) is 0 Å². The first kappa shape index (κ1) is 17.5. The Morgan fingerprint density at radius 2 is 1.73 bits per heavy atom. The van der Waals surface area contributed by atoms with Crippen molar-refractivity contribution in [3.05, 3.63) is 71.3 Å². The first-order chi connectivity index (χ1) is 12.6. The summed E-state index contributed by atoms with van der Waals surface area (Å²) < 4.78 is 10.5. The van der Waals surface area contributed by atoms with E-state index in [9.17, 15) is 4.79 Å². The highest BCUT2D eigenvalue weighted by Crippen LogP contribution is 2.25. The van der Waals surface area contributed by atoms with Gasteiger partial charge in [0.15, 0.2) is 0 Å². The van der Waals surface area contributed by atoms with Crippen LogP contribution in [-0.4, -0.2) is 26.3 Å². The number of aryl methyl sites for hydroxylation is 1. The summed E-state index contributed by atoms with van der Waals surface area (Å²) in [5.74, 6) is 0.969. The Kier molecular flexibility index (Phi) is 5.17. The molecule has 5 heteroatoms. The summed E-state index contributed by atoms with van der Waals surface area (Å²) in [4.78, 5) is 12.5. The molecule has 3 aromatic rings. The Morgan fingerprint density at radius 3 is 2.38 bits per heavy atom. The van der Waals surface area contributed by atoms with Crippen LogP contribution >= 0.6 is 0 Å². The average molecular weight is 348 g/mol. The van der Waals surface area contributed by atoms with Gasteiger partial charge in [0.05, 0.1) is 26.0 Å². The number of methoxy groups -OCH3 is 2. The number of hydrogen-bond acceptors (Lipinski definition) is 4. The first-order valence-electron chi connectivity index (χ1n) is 8.17. The number of fused-ring (bicyclic) bond motifs is 1. The number of carbonyl (C=O) groups is 1. The smallest absolute Gasteiger partial charge is 0.275 e. The number of ether oxygens (including phenoxy) is 2. The second-order valence-corrected chi connectivity index (χ2v) is 5.82. The van der Waals surface area contributed by atoms with Crippen LogP contribution in [0.1, 0.15) is 21.5 Å². The van der Waals surface area contributed by atoms with E-state index in [2.05, 4.69) is 10.5 Å². The number of amides is 1. The zero-order chi connectivity index (χ0) is 18.5. The van der Waals surface area contributed by atoms with Gasteiger partial charge in [-0.2, -0.15) is 5.10 Å². The van der Waals surface area contributed by atoms with Gasteiger partial charge in [-0.1, -0.05) is 24.3 Å². The first-order valence-corrected chi connectivity index (χ1v) is 8.17. The molecule has 132 valence electrons. The predicted molar refractivity (Wildman–Crippen MR) is 103 cm³/mol. The molecule has 0 spiro atoms. The molecule has 1 N–H and O–H groups in total. The van der Waals surface area contributed by atoms with Crippen molar-refractivity contribution in [2.24, 2.45) is 5.10 Å². The van der Waals surface area contributed by atoms with Crippen LogP contribution < -0.4 is 14.9 Å². The van der Waals surface area contributed by atoms with Crippen LogP contribution in [0.2, 0.25) is 0 Å². The fraction of sp³-hybridized carbons (Fsp3) is 0.143. The summed E-state index contributed by atoms with van der Waals surface area (Å²) in [5, 5.41) is 6.05. The third-order valence-corrected chi connectivity index (χ3v) is 4.16. The van der Waals surface area contributed by atoms with Crippen molar-refractivity contribution in [2.45, 2.75) is 6.92 Å². The van der Waals surface area contributed by atoms with E-state index in [0.29, 0.717) is 11.3 Å². The van der Waals surface area contributed by atoms with Crippen molar-refractivity contribution < 1.29 is 14.3 Å². The molecule has 3 rings (SSSR count). The Bertz CT molecular complexity index is 980. The van der Waals surface area contributed by atoms with Crippen LogP contribution in [0, 0.1) is 6.92 Å². The monoisotopic (exact) mass is 348 g/mol. The molecule has 3 aromatic carbocycles. The highest BCUT2D eigenvalue weighted by atomic mass is 16.5. The summed E-state index contributed by atoms with van der Waals surface area (Å²) in [6.07, 6.45) is 1.61. The molecule has 0 fully saturated rings.